The molecule has 0 radical (unpaired) electrons. The molecule has 3 nitrogen and oxygen atoms in total. The fourth-order valence-corrected chi connectivity index (χ4v) is 11.9. The van der Waals surface area contributed by atoms with Crippen molar-refractivity contribution in [1.82, 2.24) is 4.57 Å². The third kappa shape index (κ3) is 6.45. The third-order valence-corrected chi connectivity index (χ3v) is 15.0. The van der Waals surface area contributed by atoms with E-state index in [0.29, 0.717) is 0 Å². The molecule has 0 saturated carbocycles. The fourth-order valence-electron chi connectivity index (χ4n) is 11.9. The Morgan fingerprint density at radius 2 is 0.806 bits per heavy atom. The minimum Gasteiger partial charge on any atom is -0.310 e. The third-order valence-electron chi connectivity index (χ3n) is 15.0. The number of hydrogen-bond acceptors (Lipinski definition) is 2. The SMILES string of the molecule is c1ccc(N(c2ccccc2)c2cccc(N(c3ccc4c(c3)-c3cc5ccc6ccccc6c5cc3C4(c3ccccc3)c3ccccc3)c3cccc4c5ccccc5n(-c5ccccc5)c34)c2)cc1. The molecular weight excluding hydrogens is 871 g/mol. The summed E-state index contributed by atoms with van der Waals surface area (Å²) in [6, 6.07) is 105. The Kier molecular flexibility index (Phi) is 9.75. The molecule has 3 heteroatoms. The van der Waals surface area contributed by atoms with Crippen molar-refractivity contribution in [2.45, 2.75) is 5.41 Å². The van der Waals surface area contributed by atoms with Crippen LogP contribution in [0.15, 0.2) is 285 Å². The highest BCUT2D eigenvalue weighted by Crippen LogP contribution is 2.59. The molecule has 0 bridgehead atoms. The molecular formula is C69H47N3. The quantitative estimate of drug-likeness (QED) is 0.134. The molecule has 0 fully saturated rings. The lowest BCUT2D eigenvalue weighted by atomic mass is 9.67. The van der Waals surface area contributed by atoms with Crippen molar-refractivity contribution in [3.63, 3.8) is 0 Å². The first-order valence-electron chi connectivity index (χ1n) is 24.8. The highest BCUT2D eigenvalue weighted by molar-refractivity contribution is 6.15. The van der Waals surface area contributed by atoms with Gasteiger partial charge in [-0.05, 0) is 146 Å². The van der Waals surface area contributed by atoms with Crippen LogP contribution in [0.3, 0.4) is 0 Å². The van der Waals surface area contributed by atoms with Gasteiger partial charge in [-0.25, -0.2) is 0 Å². The first-order chi connectivity index (χ1) is 35.7. The molecule has 0 atom stereocenters. The molecule has 0 aliphatic heterocycles. The monoisotopic (exact) mass is 917 g/mol. The molecule has 0 saturated heterocycles. The van der Waals surface area contributed by atoms with Crippen LogP contribution < -0.4 is 9.80 Å². The predicted octanol–water partition coefficient (Wildman–Crippen LogP) is 18.4. The van der Waals surface area contributed by atoms with Crippen LogP contribution in [-0.2, 0) is 5.41 Å². The van der Waals surface area contributed by atoms with Gasteiger partial charge in [0.2, 0.25) is 0 Å². The number of para-hydroxylation sites is 5. The summed E-state index contributed by atoms with van der Waals surface area (Å²) in [5, 5.41) is 7.40. The molecule has 1 heterocycles. The van der Waals surface area contributed by atoms with E-state index in [0.717, 1.165) is 50.8 Å². The van der Waals surface area contributed by atoms with Crippen molar-refractivity contribution in [2.75, 3.05) is 9.80 Å². The summed E-state index contributed by atoms with van der Waals surface area (Å²) in [4.78, 5) is 4.85. The Balaban J connectivity index is 1.08. The summed E-state index contributed by atoms with van der Waals surface area (Å²) in [5.41, 5.74) is 16.8. The van der Waals surface area contributed by atoms with Crippen LogP contribution >= 0.6 is 0 Å². The van der Waals surface area contributed by atoms with Gasteiger partial charge in [0.15, 0.2) is 0 Å². The average molecular weight is 918 g/mol. The summed E-state index contributed by atoms with van der Waals surface area (Å²) >= 11 is 0. The molecule has 338 valence electrons. The molecule has 0 amide bonds. The molecule has 0 N–H and O–H groups in total. The smallest absolute Gasteiger partial charge is 0.0782 e. The van der Waals surface area contributed by atoms with Gasteiger partial charge in [-0.3, -0.25) is 0 Å². The summed E-state index contributed by atoms with van der Waals surface area (Å²) in [6.45, 7) is 0. The van der Waals surface area contributed by atoms with Crippen LogP contribution in [0.25, 0.3) is 60.2 Å². The molecule has 13 aromatic rings. The molecule has 0 unspecified atom stereocenters. The summed E-state index contributed by atoms with van der Waals surface area (Å²) < 4.78 is 2.45. The van der Waals surface area contributed by atoms with Gasteiger partial charge in [0.1, 0.15) is 0 Å². The minimum absolute atomic E-state index is 0.590. The Morgan fingerprint density at radius 3 is 1.50 bits per heavy atom. The minimum atomic E-state index is -0.590. The van der Waals surface area contributed by atoms with Crippen molar-refractivity contribution < 1.29 is 0 Å². The van der Waals surface area contributed by atoms with Crippen molar-refractivity contribution in [1.29, 1.82) is 0 Å². The first kappa shape index (κ1) is 41.5. The maximum atomic E-state index is 2.51. The van der Waals surface area contributed by atoms with Crippen LogP contribution in [0.4, 0.5) is 34.1 Å². The van der Waals surface area contributed by atoms with E-state index < -0.39 is 5.41 Å². The first-order valence-corrected chi connectivity index (χ1v) is 24.8. The predicted molar refractivity (Wildman–Crippen MR) is 302 cm³/mol. The van der Waals surface area contributed by atoms with Crippen molar-refractivity contribution in [3.05, 3.63) is 307 Å². The lowest BCUT2D eigenvalue weighted by Crippen LogP contribution is -2.28. The van der Waals surface area contributed by atoms with Crippen molar-refractivity contribution in [3.8, 4) is 16.8 Å². The number of benzene rings is 12. The molecule has 1 aliphatic rings. The normalized spacial score (nSPS) is 12.6. The maximum Gasteiger partial charge on any atom is 0.0782 e. The van der Waals surface area contributed by atoms with Crippen LogP contribution in [0.2, 0.25) is 0 Å². The number of rotatable bonds is 9. The molecule has 1 aliphatic carbocycles. The van der Waals surface area contributed by atoms with Gasteiger partial charge in [-0.15, -0.1) is 0 Å². The van der Waals surface area contributed by atoms with Gasteiger partial charge >= 0.3 is 0 Å². The van der Waals surface area contributed by atoms with Crippen LogP contribution in [0.1, 0.15) is 22.3 Å². The van der Waals surface area contributed by atoms with E-state index in [9.17, 15) is 0 Å². The van der Waals surface area contributed by atoms with Crippen LogP contribution in [0.5, 0.6) is 0 Å². The maximum absolute atomic E-state index is 2.51. The van der Waals surface area contributed by atoms with Gasteiger partial charge in [0.05, 0.1) is 22.1 Å². The Labute approximate surface area is 419 Å². The second-order valence-corrected chi connectivity index (χ2v) is 18.8. The standard InChI is InChI=1S/C69H47N3/c1-6-23-50(24-7-1)69(51-25-8-2-9-26-51)64-43-42-57(46-63(64)62-44-49-41-40-48-22-16-17-35-58(48)61(49)47-65(62)69)71(56-34-20-33-55(45-56)70(52-27-10-3-11-28-52)53-29-12-4-13-30-53)67-39-21-37-60-59-36-18-19-38-66(59)72(68(60)67)54-31-14-5-15-32-54/h1-47H. The topological polar surface area (TPSA) is 11.4 Å². The second-order valence-electron chi connectivity index (χ2n) is 18.8. The van der Waals surface area contributed by atoms with Gasteiger partial charge < -0.3 is 14.4 Å². The Morgan fingerprint density at radius 1 is 0.292 bits per heavy atom. The lowest BCUT2D eigenvalue weighted by molar-refractivity contribution is 0.769. The van der Waals surface area contributed by atoms with Gasteiger partial charge in [0.25, 0.3) is 0 Å². The van der Waals surface area contributed by atoms with E-state index in [4.69, 9.17) is 0 Å². The number of aromatic nitrogens is 1. The van der Waals surface area contributed by atoms with E-state index in [2.05, 4.69) is 299 Å². The fraction of sp³-hybridized carbons (Fsp3) is 0.0145. The highest BCUT2D eigenvalue weighted by Gasteiger charge is 2.46. The molecule has 1 aromatic heterocycles. The van der Waals surface area contributed by atoms with E-state index in [1.165, 1.54) is 65.7 Å². The molecule has 12 aromatic carbocycles. The van der Waals surface area contributed by atoms with Crippen LogP contribution in [-0.4, -0.2) is 4.57 Å². The number of nitrogens with zero attached hydrogens (tertiary/aromatic N) is 3. The molecule has 0 spiro atoms. The second kappa shape index (κ2) is 16.9. The van der Waals surface area contributed by atoms with Crippen molar-refractivity contribution in [2.24, 2.45) is 0 Å². The number of fused-ring (bicyclic) bond motifs is 9. The molecule has 14 rings (SSSR count). The lowest BCUT2D eigenvalue weighted by Gasteiger charge is -2.34. The average Bonchev–Trinajstić information content (AvgIpc) is 3.95. The van der Waals surface area contributed by atoms with Crippen molar-refractivity contribution >= 4 is 77.5 Å². The molecule has 72 heavy (non-hydrogen) atoms. The summed E-state index contributed by atoms with van der Waals surface area (Å²) in [6.07, 6.45) is 0. The van der Waals surface area contributed by atoms with E-state index >= 15 is 0 Å². The zero-order chi connectivity index (χ0) is 47.6. The van der Waals surface area contributed by atoms with E-state index in [-0.39, 0.29) is 0 Å². The number of anilines is 6. The zero-order valence-corrected chi connectivity index (χ0v) is 39.5. The summed E-state index contributed by atoms with van der Waals surface area (Å²) in [5.74, 6) is 0. The zero-order valence-electron chi connectivity index (χ0n) is 39.5. The van der Waals surface area contributed by atoms with E-state index in [1.807, 2.05) is 0 Å². The largest absolute Gasteiger partial charge is 0.310 e. The van der Waals surface area contributed by atoms with E-state index in [1.54, 1.807) is 0 Å². The number of hydrogen-bond donors (Lipinski definition) is 0. The van der Waals surface area contributed by atoms with Gasteiger partial charge in [-0.1, -0.05) is 194 Å². The van der Waals surface area contributed by atoms with Gasteiger partial charge in [0, 0.05) is 44.9 Å². The van der Waals surface area contributed by atoms with Crippen LogP contribution in [0, 0.1) is 0 Å². The Bertz CT molecular complexity index is 4070. The summed E-state index contributed by atoms with van der Waals surface area (Å²) in [7, 11) is 0. The Hall–Kier alpha value is -9.44. The van der Waals surface area contributed by atoms with Gasteiger partial charge in [-0.2, -0.15) is 0 Å². The highest BCUT2D eigenvalue weighted by atomic mass is 15.2.